The second kappa shape index (κ2) is 11.7. The number of unbranched alkanes of at least 4 members (excludes halogenated alkanes) is 3. The van der Waals surface area contributed by atoms with E-state index in [-0.39, 0.29) is 19.4 Å². The second-order valence-corrected chi connectivity index (χ2v) is 4.12. The molecule has 0 unspecified atom stereocenters. The maximum Gasteiger partial charge on any atom is 0.328 e. The van der Waals surface area contributed by atoms with E-state index in [9.17, 15) is 9.59 Å². The lowest BCUT2D eigenvalue weighted by Gasteiger charge is -2.17. The summed E-state index contributed by atoms with van der Waals surface area (Å²) in [6, 6.07) is 0. The van der Waals surface area contributed by atoms with Crippen LogP contribution in [-0.2, 0) is 19.3 Å². The van der Waals surface area contributed by atoms with Crippen LogP contribution in [-0.4, -0.2) is 23.7 Å². The van der Waals surface area contributed by atoms with Crippen LogP contribution in [0.5, 0.6) is 0 Å². The normalized spacial score (nSPS) is 10.9. The first kappa shape index (κ1) is 17.6. The van der Waals surface area contributed by atoms with Gasteiger partial charge in [0.2, 0.25) is 0 Å². The molecule has 5 nitrogen and oxygen atoms in total. The van der Waals surface area contributed by atoms with Gasteiger partial charge in [-0.25, -0.2) is 0 Å². The number of hydroxylamine groups is 2. The average Bonchev–Trinajstić information content (AvgIpc) is 2.41. The standard InChI is InChI=1S/C14H25NO4/c1-4-7-8-9-10-11-12-15(18-13(16)5-2)19-14(17)6-3/h10-11H,4-9,12H2,1-3H3. The SMILES string of the molecule is CCCCCC=CCN(OC(=O)CC)OC(=O)CC. The summed E-state index contributed by atoms with van der Waals surface area (Å²) < 4.78 is 0. The Balaban J connectivity index is 4.10. The first-order valence-electron chi connectivity index (χ1n) is 6.98. The van der Waals surface area contributed by atoms with Crippen LogP contribution in [0, 0.1) is 0 Å². The number of hydrogen-bond donors (Lipinski definition) is 0. The molecule has 0 aromatic heterocycles. The molecule has 0 aliphatic carbocycles. The Hall–Kier alpha value is -1.36. The first-order valence-corrected chi connectivity index (χ1v) is 6.98. The zero-order valence-corrected chi connectivity index (χ0v) is 12.2. The lowest BCUT2D eigenvalue weighted by atomic mass is 10.2. The topological polar surface area (TPSA) is 55.8 Å². The molecule has 0 rings (SSSR count). The Morgan fingerprint density at radius 1 is 0.947 bits per heavy atom. The molecular weight excluding hydrogens is 246 g/mol. The molecule has 0 spiro atoms. The number of carbonyl (C=O) groups excluding carboxylic acids is 2. The van der Waals surface area contributed by atoms with Gasteiger partial charge in [0.05, 0.1) is 6.54 Å². The van der Waals surface area contributed by atoms with Gasteiger partial charge in [-0.05, 0) is 12.8 Å². The molecule has 0 heterocycles. The number of rotatable bonds is 10. The summed E-state index contributed by atoms with van der Waals surface area (Å²) in [6.07, 6.45) is 8.80. The van der Waals surface area contributed by atoms with Crippen LogP contribution in [0.3, 0.4) is 0 Å². The third-order valence-electron chi connectivity index (χ3n) is 2.38. The van der Waals surface area contributed by atoms with Crippen LogP contribution in [0.25, 0.3) is 0 Å². The fourth-order valence-corrected chi connectivity index (χ4v) is 1.24. The van der Waals surface area contributed by atoms with Crippen molar-refractivity contribution in [3.8, 4) is 0 Å². The van der Waals surface area contributed by atoms with Crippen molar-refractivity contribution in [3.63, 3.8) is 0 Å². The minimum Gasteiger partial charge on any atom is -0.333 e. The van der Waals surface area contributed by atoms with Crippen LogP contribution in [0.2, 0.25) is 0 Å². The van der Waals surface area contributed by atoms with E-state index < -0.39 is 11.9 Å². The molecule has 0 amide bonds. The Bertz CT molecular complexity index is 271. The number of hydrogen-bond acceptors (Lipinski definition) is 5. The van der Waals surface area contributed by atoms with Crippen molar-refractivity contribution in [2.75, 3.05) is 6.54 Å². The van der Waals surface area contributed by atoms with E-state index in [1.54, 1.807) is 13.8 Å². The molecule has 0 aromatic rings. The van der Waals surface area contributed by atoms with Gasteiger partial charge in [-0.3, -0.25) is 9.59 Å². The molecule has 0 atom stereocenters. The zero-order chi connectivity index (χ0) is 14.5. The highest BCUT2D eigenvalue weighted by Gasteiger charge is 2.13. The van der Waals surface area contributed by atoms with Crippen LogP contribution in [0.15, 0.2) is 12.2 Å². The predicted molar refractivity (Wildman–Crippen MR) is 72.8 cm³/mol. The van der Waals surface area contributed by atoms with Crippen molar-refractivity contribution in [3.05, 3.63) is 12.2 Å². The van der Waals surface area contributed by atoms with Gasteiger partial charge in [0.15, 0.2) is 0 Å². The Morgan fingerprint density at radius 2 is 1.53 bits per heavy atom. The van der Waals surface area contributed by atoms with Crippen LogP contribution in [0.1, 0.15) is 59.3 Å². The number of allylic oxidation sites excluding steroid dienone is 1. The summed E-state index contributed by atoms with van der Waals surface area (Å²) in [6.45, 7) is 5.77. The molecule has 110 valence electrons. The lowest BCUT2D eigenvalue weighted by Crippen LogP contribution is -2.30. The van der Waals surface area contributed by atoms with Crippen molar-refractivity contribution in [1.82, 2.24) is 5.23 Å². The van der Waals surface area contributed by atoms with Gasteiger partial charge in [0, 0.05) is 18.1 Å². The fraction of sp³-hybridized carbons (Fsp3) is 0.714. The largest absolute Gasteiger partial charge is 0.333 e. The van der Waals surface area contributed by atoms with Gasteiger partial charge in [-0.15, -0.1) is 0 Å². The van der Waals surface area contributed by atoms with E-state index in [0.717, 1.165) is 18.1 Å². The zero-order valence-electron chi connectivity index (χ0n) is 12.2. The molecule has 0 saturated carbocycles. The summed E-state index contributed by atoms with van der Waals surface area (Å²) in [5.41, 5.74) is 0. The molecule has 5 heteroatoms. The van der Waals surface area contributed by atoms with E-state index in [0.29, 0.717) is 0 Å². The highest BCUT2D eigenvalue weighted by molar-refractivity contribution is 5.70. The highest BCUT2D eigenvalue weighted by Crippen LogP contribution is 2.02. The molecule has 0 fully saturated rings. The van der Waals surface area contributed by atoms with Crippen molar-refractivity contribution in [2.24, 2.45) is 0 Å². The Morgan fingerprint density at radius 3 is 2.00 bits per heavy atom. The minimum absolute atomic E-state index is 0.236. The van der Waals surface area contributed by atoms with Gasteiger partial charge in [-0.2, -0.15) is 0 Å². The summed E-state index contributed by atoms with van der Waals surface area (Å²) in [5.74, 6) is -0.855. The maximum absolute atomic E-state index is 11.2. The summed E-state index contributed by atoms with van der Waals surface area (Å²) in [5, 5.41) is 0.938. The van der Waals surface area contributed by atoms with E-state index in [1.807, 2.05) is 12.2 Å². The monoisotopic (exact) mass is 271 g/mol. The molecule has 0 aliphatic heterocycles. The number of nitrogens with zero attached hydrogens (tertiary/aromatic N) is 1. The van der Waals surface area contributed by atoms with Gasteiger partial charge in [-0.1, -0.05) is 45.8 Å². The van der Waals surface area contributed by atoms with E-state index >= 15 is 0 Å². The molecule has 0 radical (unpaired) electrons. The number of carbonyl (C=O) groups is 2. The van der Waals surface area contributed by atoms with Crippen molar-refractivity contribution >= 4 is 11.9 Å². The molecule has 0 N–H and O–H groups in total. The van der Waals surface area contributed by atoms with Gasteiger partial charge in [0.25, 0.3) is 0 Å². The Labute approximate surface area is 115 Å². The third kappa shape index (κ3) is 10.3. The quantitative estimate of drug-likeness (QED) is 0.347. The predicted octanol–water partition coefficient (Wildman–Crippen LogP) is 3.16. The van der Waals surface area contributed by atoms with E-state index in [2.05, 4.69) is 6.92 Å². The van der Waals surface area contributed by atoms with Gasteiger partial charge < -0.3 is 9.68 Å². The first-order chi connectivity index (χ1) is 9.13. The molecule has 0 saturated heterocycles. The third-order valence-corrected chi connectivity index (χ3v) is 2.38. The molecule has 0 aromatic carbocycles. The fourth-order valence-electron chi connectivity index (χ4n) is 1.24. The summed E-state index contributed by atoms with van der Waals surface area (Å²) in [4.78, 5) is 32.2. The second-order valence-electron chi connectivity index (χ2n) is 4.12. The summed E-state index contributed by atoms with van der Waals surface area (Å²) in [7, 11) is 0. The van der Waals surface area contributed by atoms with Crippen LogP contribution in [0.4, 0.5) is 0 Å². The molecule has 0 aliphatic rings. The van der Waals surface area contributed by atoms with Gasteiger partial charge >= 0.3 is 11.9 Å². The molecule has 19 heavy (non-hydrogen) atoms. The maximum atomic E-state index is 11.2. The van der Waals surface area contributed by atoms with Crippen molar-refractivity contribution < 1.29 is 19.3 Å². The smallest absolute Gasteiger partial charge is 0.328 e. The summed E-state index contributed by atoms with van der Waals surface area (Å²) >= 11 is 0. The van der Waals surface area contributed by atoms with E-state index in [4.69, 9.17) is 9.68 Å². The lowest BCUT2D eigenvalue weighted by molar-refractivity contribution is -0.319. The van der Waals surface area contributed by atoms with Crippen LogP contribution < -0.4 is 0 Å². The van der Waals surface area contributed by atoms with Gasteiger partial charge in [0.1, 0.15) is 0 Å². The van der Waals surface area contributed by atoms with Crippen LogP contribution >= 0.6 is 0 Å². The molecular formula is C14H25NO4. The van der Waals surface area contributed by atoms with E-state index in [1.165, 1.54) is 12.8 Å². The minimum atomic E-state index is -0.428. The molecule has 0 bridgehead atoms. The van der Waals surface area contributed by atoms with Crippen molar-refractivity contribution in [1.29, 1.82) is 0 Å². The average molecular weight is 271 g/mol. The Kier molecular flexibility index (Phi) is 10.9. The van der Waals surface area contributed by atoms with Crippen molar-refractivity contribution in [2.45, 2.75) is 59.3 Å². The highest BCUT2D eigenvalue weighted by atomic mass is 17.0.